The van der Waals surface area contributed by atoms with Crippen molar-refractivity contribution in [3.05, 3.63) is 48.4 Å². The van der Waals surface area contributed by atoms with Crippen molar-refractivity contribution in [3.8, 4) is 23.0 Å². The van der Waals surface area contributed by atoms with Crippen LogP contribution in [-0.2, 0) is 4.79 Å². The highest BCUT2D eigenvalue weighted by atomic mass is 16.2. The van der Waals surface area contributed by atoms with E-state index in [2.05, 4.69) is 31.2 Å². The summed E-state index contributed by atoms with van der Waals surface area (Å²) in [6.45, 7) is 0.687. The van der Waals surface area contributed by atoms with Gasteiger partial charge in [0.25, 0.3) is 0 Å². The number of likely N-dealkylation sites (tertiary alicyclic amines) is 1. The number of piperazine rings is 1. The third-order valence-corrected chi connectivity index (χ3v) is 6.28. The number of carbonyl (C=O) groups is 1. The van der Waals surface area contributed by atoms with E-state index in [4.69, 9.17) is 10.2 Å². The molecule has 2 unspecified atom stereocenters. The molecular formula is C22H19N9O. The van der Waals surface area contributed by atoms with Gasteiger partial charge >= 0.3 is 0 Å². The SMILES string of the molecule is CN1CC2CCC(C1=O)N2c1ncc2[nH]nc(-c3cnn(-c4ccc(C#N)cc4)c3)c2n1. The first kappa shape index (κ1) is 18.5. The molecule has 158 valence electrons. The van der Waals surface area contributed by atoms with Crippen molar-refractivity contribution in [1.82, 2.24) is 34.8 Å². The van der Waals surface area contributed by atoms with Crippen molar-refractivity contribution in [1.29, 1.82) is 5.26 Å². The van der Waals surface area contributed by atoms with Gasteiger partial charge < -0.3 is 9.80 Å². The second-order valence-corrected chi connectivity index (χ2v) is 8.21. The summed E-state index contributed by atoms with van der Waals surface area (Å²) in [7, 11) is 1.86. The first-order valence-electron chi connectivity index (χ1n) is 10.4. The van der Waals surface area contributed by atoms with Crippen LogP contribution in [0, 0.1) is 11.3 Å². The van der Waals surface area contributed by atoms with E-state index < -0.39 is 0 Å². The summed E-state index contributed by atoms with van der Waals surface area (Å²) in [5.74, 6) is 0.687. The number of anilines is 1. The van der Waals surface area contributed by atoms with E-state index in [9.17, 15) is 4.79 Å². The van der Waals surface area contributed by atoms with Gasteiger partial charge in [-0.2, -0.15) is 15.5 Å². The third kappa shape index (κ3) is 2.75. The minimum atomic E-state index is -0.203. The van der Waals surface area contributed by atoms with E-state index >= 15 is 0 Å². The van der Waals surface area contributed by atoms with Crippen molar-refractivity contribution in [2.24, 2.45) is 0 Å². The maximum Gasteiger partial charge on any atom is 0.245 e. The molecule has 1 amide bonds. The quantitative estimate of drug-likeness (QED) is 0.532. The monoisotopic (exact) mass is 425 g/mol. The fraction of sp³-hybridized carbons (Fsp3) is 0.273. The number of nitrogens with zero attached hydrogens (tertiary/aromatic N) is 8. The van der Waals surface area contributed by atoms with Crippen LogP contribution in [0.5, 0.6) is 0 Å². The number of carbonyl (C=O) groups excluding carboxylic acids is 1. The molecule has 2 atom stereocenters. The molecule has 2 bridgehead atoms. The van der Waals surface area contributed by atoms with Crippen molar-refractivity contribution >= 4 is 22.9 Å². The highest BCUT2D eigenvalue weighted by Crippen LogP contribution is 2.34. The van der Waals surface area contributed by atoms with Crippen LogP contribution in [0.4, 0.5) is 5.95 Å². The van der Waals surface area contributed by atoms with Crippen LogP contribution in [0.1, 0.15) is 18.4 Å². The van der Waals surface area contributed by atoms with Crippen LogP contribution in [0.15, 0.2) is 42.9 Å². The molecule has 0 radical (unpaired) electrons. The number of rotatable bonds is 3. The third-order valence-electron chi connectivity index (χ3n) is 6.28. The van der Waals surface area contributed by atoms with Crippen molar-refractivity contribution in [2.75, 3.05) is 18.5 Å². The predicted molar refractivity (Wildman–Crippen MR) is 116 cm³/mol. The van der Waals surface area contributed by atoms with Crippen LogP contribution < -0.4 is 4.90 Å². The van der Waals surface area contributed by atoms with E-state index in [-0.39, 0.29) is 18.0 Å². The molecule has 2 aliphatic rings. The van der Waals surface area contributed by atoms with Gasteiger partial charge in [0.1, 0.15) is 22.8 Å². The number of nitriles is 1. The van der Waals surface area contributed by atoms with Gasteiger partial charge in [0.15, 0.2) is 0 Å². The average Bonchev–Trinajstić information content (AvgIpc) is 3.54. The second-order valence-electron chi connectivity index (χ2n) is 8.21. The molecule has 2 fully saturated rings. The van der Waals surface area contributed by atoms with Crippen LogP contribution in [-0.4, -0.2) is 66.4 Å². The zero-order valence-electron chi connectivity index (χ0n) is 17.3. The Morgan fingerprint density at radius 2 is 2.03 bits per heavy atom. The van der Waals surface area contributed by atoms with E-state index in [0.717, 1.165) is 29.6 Å². The van der Waals surface area contributed by atoms with Crippen molar-refractivity contribution < 1.29 is 4.79 Å². The smallest absolute Gasteiger partial charge is 0.245 e. The Morgan fingerprint density at radius 1 is 1.19 bits per heavy atom. The maximum atomic E-state index is 12.6. The second kappa shape index (κ2) is 6.88. The number of hydrogen-bond acceptors (Lipinski definition) is 7. The molecule has 3 aromatic heterocycles. The van der Waals surface area contributed by atoms with Gasteiger partial charge in [0.05, 0.1) is 35.8 Å². The number of H-pyrrole nitrogens is 1. The zero-order chi connectivity index (χ0) is 21.8. The molecule has 5 heterocycles. The molecule has 32 heavy (non-hydrogen) atoms. The molecule has 1 aromatic carbocycles. The first-order chi connectivity index (χ1) is 15.6. The number of amides is 1. The van der Waals surface area contributed by atoms with Crippen molar-refractivity contribution in [2.45, 2.75) is 24.9 Å². The summed E-state index contributed by atoms with van der Waals surface area (Å²) < 4.78 is 1.73. The first-order valence-corrected chi connectivity index (χ1v) is 10.4. The molecular weight excluding hydrogens is 406 g/mol. The standard InChI is InChI=1S/C22H19N9O/c1-29-12-16-6-7-18(21(29)32)31(16)22-24-10-17-20(26-22)19(28-27-17)14-9-25-30(11-14)15-4-2-13(8-23)3-5-15/h2-5,9-11,16,18H,6-7,12H2,1H3,(H,27,28). The van der Waals surface area contributed by atoms with Crippen LogP contribution in [0.2, 0.25) is 0 Å². The van der Waals surface area contributed by atoms with E-state index in [1.807, 2.05) is 25.4 Å². The predicted octanol–water partition coefficient (Wildman–Crippen LogP) is 1.89. The van der Waals surface area contributed by atoms with Gasteiger partial charge in [-0.1, -0.05) is 0 Å². The van der Waals surface area contributed by atoms with Gasteiger partial charge in [0.2, 0.25) is 11.9 Å². The largest absolute Gasteiger partial charge is 0.342 e. The Kier molecular flexibility index (Phi) is 3.98. The fourth-order valence-corrected chi connectivity index (χ4v) is 4.67. The van der Waals surface area contributed by atoms with Gasteiger partial charge in [-0.05, 0) is 37.1 Å². The van der Waals surface area contributed by atoms with Crippen LogP contribution >= 0.6 is 0 Å². The lowest BCUT2D eigenvalue weighted by Crippen LogP contribution is -2.56. The van der Waals surface area contributed by atoms with Gasteiger partial charge in [0, 0.05) is 25.4 Å². The average molecular weight is 425 g/mol. The summed E-state index contributed by atoms with van der Waals surface area (Å²) in [6, 6.07) is 9.35. The van der Waals surface area contributed by atoms with E-state index in [1.165, 1.54) is 0 Å². The highest BCUT2D eigenvalue weighted by Gasteiger charge is 2.45. The van der Waals surface area contributed by atoms with Crippen molar-refractivity contribution in [3.63, 3.8) is 0 Å². The molecule has 0 saturated carbocycles. The molecule has 10 heteroatoms. The van der Waals surface area contributed by atoms with Gasteiger partial charge in [-0.25, -0.2) is 14.6 Å². The Balaban J connectivity index is 1.37. The molecule has 2 saturated heterocycles. The van der Waals surface area contributed by atoms with Gasteiger partial charge in [-0.15, -0.1) is 0 Å². The highest BCUT2D eigenvalue weighted by molar-refractivity contribution is 5.91. The number of benzene rings is 1. The summed E-state index contributed by atoms with van der Waals surface area (Å²) in [5.41, 5.74) is 4.35. The minimum Gasteiger partial charge on any atom is -0.342 e. The lowest BCUT2D eigenvalue weighted by atomic mass is 10.2. The summed E-state index contributed by atoms with van der Waals surface area (Å²) in [5, 5.41) is 20.9. The molecule has 0 aliphatic carbocycles. The molecule has 2 aliphatic heterocycles. The molecule has 1 N–H and O–H groups in total. The Morgan fingerprint density at radius 3 is 2.84 bits per heavy atom. The molecule has 0 spiro atoms. The number of hydrogen-bond donors (Lipinski definition) is 1. The van der Waals surface area contributed by atoms with E-state index in [1.54, 1.807) is 34.1 Å². The van der Waals surface area contributed by atoms with Crippen LogP contribution in [0.25, 0.3) is 28.0 Å². The molecule has 4 aromatic rings. The van der Waals surface area contributed by atoms with Gasteiger partial charge in [-0.3, -0.25) is 9.89 Å². The number of likely N-dealkylation sites (N-methyl/N-ethyl adjacent to an activating group) is 1. The number of aromatic amines is 1. The van der Waals surface area contributed by atoms with Crippen LogP contribution in [0.3, 0.4) is 0 Å². The summed E-state index contributed by atoms with van der Waals surface area (Å²) >= 11 is 0. The Bertz CT molecular complexity index is 1380. The van der Waals surface area contributed by atoms with E-state index in [0.29, 0.717) is 29.3 Å². The number of fused-ring (bicyclic) bond motifs is 3. The summed E-state index contributed by atoms with van der Waals surface area (Å²) in [6.07, 6.45) is 7.12. The lowest BCUT2D eigenvalue weighted by Gasteiger charge is -2.38. The number of aromatic nitrogens is 6. The molecule has 10 nitrogen and oxygen atoms in total. The fourth-order valence-electron chi connectivity index (χ4n) is 4.67. The Hall–Kier alpha value is -4.26. The minimum absolute atomic E-state index is 0.124. The maximum absolute atomic E-state index is 12.6. The lowest BCUT2D eigenvalue weighted by molar-refractivity contribution is -0.132. The Labute approximate surface area is 183 Å². The number of nitrogens with one attached hydrogen (secondary N) is 1. The summed E-state index contributed by atoms with van der Waals surface area (Å²) in [4.78, 5) is 25.8. The molecule has 6 rings (SSSR count). The topological polar surface area (TPSA) is 120 Å². The normalized spacial score (nSPS) is 20.2. The zero-order valence-corrected chi connectivity index (χ0v) is 17.3.